The maximum absolute atomic E-state index is 11.1. The van der Waals surface area contributed by atoms with Gasteiger partial charge in [0, 0.05) is 4.90 Å². The molecule has 0 aliphatic rings. The van der Waals surface area contributed by atoms with E-state index in [1.807, 2.05) is 12.1 Å². The molecule has 0 radical (unpaired) electrons. The molecule has 0 saturated heterocycles. The van der Waals surface area contributed by atoms with Crippen LogP contribution < -0.4 is 29.6 Å². The predicted molar refractivity (Wildman–Crippen MR) is 89.2 cm³/mol. The van der Waals surface area contributed by atoms with E-state index in [0.29, 0.717) is 4.90 Å². The van der Waals surface area contributed by atoms with Crippen LogP contribution >= 0.6 is 0 Å². The minimum absolute atomic E-state index is 0. The Bertz CT molecular complexity index is 410. The van der Waals surface area contributed by atoms with Crippen molar-refractivity contribution in [3.8, 4) is 0 Å². The smallest absolute Gasteiger partial charge is 0.768 e. The molecule has 1 aromatic rings. The first kappa shape index (κ1) is 22.3. The second-order valence-electron chi connectivity index (χ2n) is 5.77. The molecule has 0 amide bonds. The first-order valence-electron chi connectivity index (χ1n) is 8.43. The maximum Gasteiger partial charge on any atom is 1.00 e. The van der Waals surface area contributed by atoms with E-state index in [9.17, 15) is 8.76 Å². The summed E-state index contributed by atoms with van der Waals surface area (Å²) >= 11 is -2.11. The first-order chi connectivity index (χ1) is 10.3. The zero-order chi connectivity index (χ0) is 15.3. The molecular weight excluding hydrogens is 303 g/mol. The number of aryl methyl sites for hydroxylation is 1. The fourth-order valence-corrected chi connectivity index (χ4v) is 3.25. The zero-order valence-electron chi connectivity index (χ0n) is 14.3. The Morgan fingerprint density at radius 1 is 0.864 bits per heavy atom. The Labute approximate surface area is 161 Å². The number of hydrogen-bond acceptors (Lipinski definition) is 2. The van der Waals surface area contributed by atoms with Gasteiger partial charge in [0.15, 0.2) is 0 Å². The van der Waals surface area contributed by atoms with E-state index in [1.54, 1.807) is 12.1 Å². The van der Waals surface area contributed by atoms with E-state index in [-0.39, 0.29) is 29.6 Å². The van der Waals surface area contributed by atoms with Gasteiger partial charge in [-0.15, -0.1) is 0 Å². The minimum atomic E-state index is -2.11. The van der Waals surface area contributed by atoms with Crippen molar-refractivity contribution in [2.75, 3.05) is 0 Å². The monoisotopic (exact) mass is 332 g/mol. The van der Waals surface area contributed by atoms with Crippen LogP contribution in [0.5, 0.6) is 0 Å². The molecule has 1 aromatic carbocycles. The van der Waals surface area contributed by atoms with Crippen molar-refractivity contribution in [3.63, 3.8) is 0 Å². The molecule has 0 heterocycles. The number of unbranched alkanes of at least 4 members (excludes halogenated alkanes) is 9. The van der Waals surface area contributed by atoms with Crippen LogP contribution in [0.15, 0.2) is 29.2 Å². The van der Waals surface area contributed by atoms with E-state index in [1.165, 1.54) is 57.8 Å². The fourth-order valence-electron chi connectivity index (χ4n) is 2.68. The first-order valence-corrected chi connectivity index (χ1v) is 9.50. The normalized spacial score (nSPS) is 11.9. The van der Waals surface area contributed by atoms with Crippen molar-refractivity contribution in [2.24, 2.45) is 0 Å². The van der Waals surface area contributed by atoms with Crippen molar-refractivity contribution < 1.29 is 38.3 Å². The molecule has 0 fully saturated rings. The summed E-state index contributed by atoms with van der Waals surface area (Å²) in [6, 6.07) is 7.32. The summed E-state index contributed by atoms with van der Waals surface area (Å²) in [5.41, 5.74) is 0.963. The molecule has 0 saturated carbocycles. The molecule has 0 aliphatic heterocycles. The molecule has 0 aliphatic carbocycles. The van der Waals surface area contributed by atoms with Gasteiger partial charge in [0.1, 0.15) is 0 Å². The summed E-state index contributed by atoms with van der Waals surface area (Å²) in [5, 5.41) is 0. The molecule has 1 atom stereocenters. The van der Waals surface area contributed by atoms with Crippen molar-refractivity contribution in [2.45, 2.75) is 82.4 Å². The van der Waals surface area contributed by atoms with Gasteiger partial charge in [0.2, 0.25) is 0 Å². The van der Waals surface area contributed by atoms with Crippen LogP contribution in [0.25, 0.3) is 0 Å². The summed E-state index contributed by atoms with van der Waals surface area (Å²) < 4.78 is 22.2. The van der Waals surface area contributed by atoms with Crippen LogP contribution in [0.2, 0.25) is 0 Å². The van der Waals surface area contributed by atoms with Crippen LogP contribution in [0.4, 0.5) is 0 Å². The largest absolute Gasteiger partial charge is 1.00 e. The molecule has 4 heteroatoms. The molecule has 22 heavy (non-hydrogen) atoms. The van der Waals surface area contributed by atoms with Crippen LogP contribution in [0.1, 0.15) is 76.7 Å². The van der Waals surface area contributed by atoms with Crippen LogP contribution in [-0.4, -0.2) is 8.76 Å². The third-order valence-electron chi connectivity index (χ3n) is 3.95. The van der Waals surface area contributed by atoms with E-state index < -0.39 is 11.1 Å². The third-order valence-corrected chi connectivity index (χ3v) is 4.71. The third kappa shape index (κ3) is 10.2. The van der Waals surface area contributed by atoms with Gasteiger partial charge in [0.05, 0.1) is 0 Å². The SMILES string of the molecule is CCCCCCCCCCCCc1ccccc1S(=O)[O-].[Na+]. The Morgan fingerprint density at radius 3 is 1.91 bits per heavy atom. The maximum atomic E-state index is 11.1. The molecule has 1 rings (SSSR count). The van der Waals surface area contributed by atoms with E-state index >= 15 is 0 Å². The molecule has 0 N–H and O–H groups in total. The molecule has 1 unspecified atom stereocenters. The second kappa shape index (κ2) is 14.9. The van der Waals surface area contributed by atoms with Crippen LogP contribution in [-0.2, 0) is 17.5 Å². The van der Waals surface area contributed by atoms with Crippen molar-refractivity contribution in [3.05, 3.63) is 29.8 Å². The zero-order valence-corrected chi connectivity index (χ0v) is 17.1. The molecule has 0 bridgehead atoms. The Hall–Kier alpha value is 0.330. The van der Waals surface area contributed by atoms with Gasteiger partial charge in [0.25, 0.3) is 0 Å². The molecule has 120 valence electrons. The van der Waals surface area contributed by atoms with Gasteiger partial charge >= 0.3 is 29.6 Å². The van der Waals surface area contributed by atoms with E-state index in [0.717, 1.165) is 18.4 Å². The van der Waals surface area contributed by atoms with Crippen molar-refractivity contribution >= 4 is 11.1 Å². The fraction of sp³-hybridized carbons (Fsp3) is 0.667. The summed E-state index contributed by atoms with van der Waals surface area (Å²) in [5.74, 6) is 0. The van der Waals surface area contributed by atoms with Gasteiger partial charge < -0.3 is 4.55 Å². The predicted octanol–water partition coefficient (Wildman–Crippen LogP) is 2.39. The topological polar surface area (TPSA) is 40.1 Å². The standard InChI is InChI=1S/C18H30O2S.Na/c1-2-3-4-5-6-7-8-9-10-11-14-17-15-12-13-16-18(17)21(19)20;/h12-13,15-16H,2-11,14H2,1H3,(H,19,20);/q;+1/p-1. The van der Waals surface area contributed by atoms with Crippen LogP contribution in [0.3, 0.4) is 0 Å². The van der Waals surface area contributed by atoms with Gasteiger partial charge in [-0.25, -0.2) is 0 Å². The minimum Gasteiger partial charge on any atom is -0.768 e. The van der Waals surface area contributed by atoms with Gasteiger partial charge in [-0.1, -0.05) is 82.9 Å². The van der Waals surface area contributed by atoms with Crippen LogP contribution in [0, 0.1) is 0 Å². The van der Waals surface area contributed by atoms with Crippen molar-refractivity contribution in [1.29, 1.82) is 0 Å². The molecule has 0 aromatic heterocycles. The summed E-state index contributed by atoms with van der Waals surface area (Å²) in [6.45, 7) is 2.25. The number of rotatable bonds is 12. The summed E-state index contributed by atoms with van der Waals surface area (Å²) in [6.07, 6.45) is 14.0. The van der Waals surface area contributed by atoms with Crippen molar-refractivity contribution in [1.82, 2.24) is 0 Å². The molecule has 2 nitrogen and oxygen atoms in total. The van der Waals surface area contributed by atoms with Gasteiger partial charge in [-0.3, -0.25) is 4.21 Å². The summed E-state index contributed by atoms with van der Waals surface area (Å²) in [4.78, 5) is 0.466. The van der Waals surface area contributed by atoms with E-state index in [2.05, 4.69) is 6.92 Å². The number of hydrogen-bond donors (Lipinski definition) is 0. The molecule has 0 spiro atoms. The number of benzene rings is 1. The Kier molecular flexibility index (Phi) is 15.1. The van der Waals surface area contributed by atoms with Gasteiger partial charge in [-0.2, -0.15) is 0 Å². The quantitative estimate of drug-likeness (QED) is 0.335. The second-order valence-corrected chi connectivity index (χ2v) is 6.68. The average molecular weight is 332 g/mol. The Morgan fingerprint density at radius 2 is 1.36 bits per heavy atom. The average Bonchev–Trinajstić information content (AvgIpc) is 2.49. The Balaban J connectivity index is 0.00000441. The molecular formula is C18H29NaO2S. The van der Waals surface area contributed by atoms with E-state index in [4.69, 9.17) is 0 Å². The summed E-state index contributed by atoms with van der Waals surface area (Å²) in [7, 11) is 0. The van der Waals surface area contributed by atoms with Gasteiger partial charge in [-0.05, 0) is 35.6 Å².